The number of aromatic nitrogens is 2. The zero-order valence-electron chi connectivity index (χ0n) is 15.1. The summed E-state index contributed by atoms with van der Waals surface area (Å²) in [5.74, 6) is 1.30. The summed E-state index contributed by atoms with van der Waals surface area (Å²) in [6.45, 7) is 7.15. The van der Waals surface area contributed by atoms with Crippen LogP contribution in [0, 0.1) is 12.8 Å². The smallest absolute Gasteiger partial charge is 0.226 e. The molecule has 0 bridgehead atoms. The first-order valence-corrected chi connectivity index (χ1v) is 9.05. The molecule has 0 atom stereocenters. The predicted molar refractivity (Wildman–Crippen MR) is 99.2 cm³/mol. The van der Waals surface area contributed by atoms with E-state index >= 15 is 0 Å². The van der Waals surface area contributed by atoms with Gasteiger partial charge in [0.1, 0.15) is 0 Å². The van der Waals surface area contributed by atoms with Crippen molar-refractivity contribution in [2.75, 3.05) is 24.5 Å². The van der Waals surface area contributed by atoms with Crippen molar-refractivity contribution in [1.29, 1.82) is 0 Å². The molecule has 0 aliphatic carbocycles. The first-order chi connectivity index (χ1) is 12.2. The first kappa shape index (κ1) is 17.4. The van der Waals surface area contributed by atoms with Crippen molar-refractivity contribution < 1.29 is 4.79 Å². The van der Waals surface area contributed by atoms with Crippen molar-refractivity contribution in [2.45, 2.75) is 33.2 Å². The second-order valence-corrected chi connectivity index (χ2v) is 6.63. The summed E-state index contributed by atoms with van der Waals surface area (Å²) in [5, 5.41) is 8.39. The van der Waals surface area contributed by atoms with Crippen molar-refractivity contribution in [2.24, 2.45) is 5.92 Å². The van der Waals surface area contributed by atoms with Crippen LogP contribution in [-0.4, -0.2) is 40.6 Å². The van der Waals surface area contributed by atoms with Gasteiger partial charge < -0.3 is 9.80 Å². The van der Waals surface area contributed by atoms with E-state index < -0.39 is 0 Å². The van der Waals surface area contributed by atoms with Gasteiger partial charge in [-0.15, -0.1) is 5.10 Å². The van der Waals surface area contributed by atoms with E-state index in [2.05, 4.69) is 34.2 Å². The van der Waals surface area contributed by atoms with Gasteiger partial charge >= 0.3 is 0 Å². The summed E-state index contributed by atoms with van der Waals surface area (Å²) < 4.78 is 0. The van der Waals surface area contributed by atoms with E-state index in [0.717, 1.165) is 44.0 Å². The Morgan fingerprint density at radius 2 is 1.84 bits per heavy atom. The van der Waals surface area contributed by atoms with Crippen molar-refractivity contribution in [3.8, 4) is 0 Å². The number of carbonyl (C=O) groups is 1. The minimum atomic E-state index is 0.110. The Morgan fingerprint density at radius 3 is 2.44 bits per heavy atom. The number of carbonyl (C=O) groups excluding carboxylic acids is 1. The topological polar surface area (TPSA) is 49.3 Å². The number of amides is 1. The first-order valence-electron chi connectivity index (χ1n) is 9.05. The highest BCUT2D eigenvalue weighted by Gasteiger charge is 2.28. The molecule has 1 aliphatic rings. The van der Waals surface area contributed by atoms with E-state index in [-0.39, 0.29) is 11.8 Å². The van der Waals surface area contributed by atoms with Gasteiger partial charge in [0.15, 0.2) is 5.82 Å². The molecule has 0 radical (unpaired) electrons. The molecule has 132 valence electrons. The lowest BCUT2D eigenvalue weighted by Gasteiger charge is -2.34. The quantitative estimate of drug-likeness (QED) is 0.841. The number of piperidine rings is 1. The molecule has 2 aromatic rings. The van der Waals surface area contributed by atoms with Gasteiger partial charge in [-0.1, -0.05) is 30.3 Å². The molecule has 3 rings (SSSR count). The SMILES string of the molecule is CCN(Cc1ccccc1)C(=O)C1CCN(c2ccc(C)nn2)CC1. The van der Waals surface area contributed by atoms with Crippen molar-refractivity contribution in [3.63, 3.8) is 0 Å². The Hall–Kier alpha value is -2.43. The molecular weight excluding hydrogens is 312 g/mol. The van der Waals surface area contributed by atoms with Crippen LogP contribution >= 0.6 is 0 Å². The average Bonchev–Trinajstić information content (AvgIpc) is 2.67. The molecule has 5 nitrogen and oxygen atoms in total. The van der Waals surface area contributed by atoms with Crippen LogP contribution < -0.4 is 4.90 Å². The molecule has 0 N–H and O–H groups in total. The summed E-state index contributed by atoms with van der Waals surface area (Å²) in [4.78, 5) is 17.1. The lowest BCUT2D eigenvalue weighted by atomic mass is 9.95. The van der Waals surface area contributed by atoms with Crippen LogP contribution in [0.5, 0.6) is 0 Å². The molecule has 1 aromatic carbocycles. The number of benzene rings is 1. The molecule has 1 aromatic heterocycles. The van der Waals surface area contributed by atoms with Crippen LogP contribution in [0.25, 0.3) is 0 Å². The second kappa shape index (κ2) is 8.10. The summed E-state index contributed by atoms with van der Waals surface area (Å²) in [5.41, 5.74) is 2.11. The summed E-state index contributed by atoms with van der Waals surface area (Å²) in [7, 11) is 0. The number of hydrogen-bond donors (Lipinski definition) is 0. The zero-order valence-corrected chi connectivity index (χ0v) is 15.1. The van der Waals surface area contributed by atoms with E-state index in [1.165, 1.54) is 5.56 Å². The van der Waals surface area contributed by atoms with Crippen LogP contribution in [0.3, 0.4) is 0 Å². The fraction of sp³-hybridized carbons (Fsp3) is 0.450. The Bertz CT molecular complexity index is 679. The van der Waals surface area contributed by atoms with Crippen molar-refractivity contribution >= 4 is 11.7 Å². The minimum absolute atomic E-state index is 0.110. The lowest BCUT2D eigenvalue weighted by Crippen LogP contribution is -2.42. The molecule has 5 heteroatoms. The standard InChI is InChI=1S/C20H26N4O/c1-3-23(15-17-7-5-4-6-8-17)20(25)18-11-13-24(14-12-18)19-10-9-16(2)21-22-19/h4-10,18H,3,11-15H2,1-2H3. The van der Waals surface area contributed by atoms with Gasteiger partial charge in [0, 0.05) is 32.1 Å². The van der Waals surface area contributed by atoms with Crippen LogP contribution in [0.2, 0.25) is 0 Å². The maximum atomic E-state index is 12.9. The fourth-order valence-corrected chi connectivity index (χ4v) is 3.32. The van der Waals surface area contributed by atoms with Gasteiger partial charge in [0.2, 0.25) is 5.91 Å². The maximum absolute atomic E-state index is 12.9. The van der Waals surface area contributed by atoms with Crippen molar-refractivity contribution in [3.05, 3.63) is 53.7 Å². The average molecular weight is 338 g/mol. The normalized spacial score (nSPS) is 15.2. The molecular formula is C20H26N4O. The van der Waals surface area contributed by atoms with Crippen LogP contribution in [0.15, 0.2) is 42.5 Å². The van der Waals surface area contributed by atoms with E-state index in [1.807, 2.05) is 42.2 Å². The van der Waals surface area contributed by atoms with E-state index in [4.69, 9.17) is 0 Å². The van der Waals surface area contributed by atoms with Crippen molar-refractivity contribution in [1.82, 2.24) is 15.1 Å². The molecule has 0 unspecified atom stereocenters. The summed E-state index contributed by atoms with van der Waals surface area (Å²) in [6, 6.07) is 14.2. The van der Waals surface area contributed by atoms with Crippen LogP contribution in [0.4, 0.5) is 5.82 Å². The van der Waals surface area contributed by atoms with E-state index in [0.29, 0.717) is 6.54 Å². The fourth-order valence-electron chi connectivity index (χ4n) is 3.32. The molecule has 0 saturated carbocycles. The molecule has 2 heterocycles. The van der Waals surface area contributed by atoms with Gasteiger partial charge in [-0.2, -0.15) is 5.10 Å². The van der Waals surface area contributed by atoms with Gasteiger partial charge in [0.05, 0.1) is 5.69 Å². The highest BCUT2D eigenvalue weighted by atomic mass is 16.2. The third-order valence-electron chi connectivity index (χ3n) is 4.86. The number of aryl methyl sites for hydroxylation is 1. The Labute approximate surface area is 149 Å². The number of anilines is 1. The zero-order chi connectivity index (χ0) is 17.6. The van der Waals surface area contributed by atoms with E-state index in [1.54, 1.807) is 0 Å². The number of nitrogens with zero attached hydrogens (tertiary/aromatic N) is 4. The number of hydrogen-bond acceptors (Lipinski definition) is 4. The molecule has 1 amide bonds. The highest BCUT2D eigenvalue weighted by molar-refractivity contribution is 5.79. The Kier molecular flexibility index (Phi) is 5.64. The second-order valence-electron chi connectivity index (χ2n) is 6.63. The van der Waals surface area contributed by atoms with Crippen LogP contribution in [0.1, 0.15) is 31.0 Å². The van der Waals surface area contributed by atoms with Gasteiger partial charge in [0.25, 0.3) is 0 Å². The molecule has 1 fully saturated rings. The van der Waals surface area contributed by atoms with Gasteiger partial charge in [-0.25, -0.2) is 0 Å². The Morgan fingerprint density at radius 1 is 1.12 bits per heavy atom. The summed E-state index contributed by atoms with van der Waals surface area (Å²) in [6.07, 6.45) is 1.75. The van der Waals surface area contributed by atoms with Gasteiger partial charge in [-0.3, -0.25) is 4.79 Å². The van der Waals surface area contributed by atoms with E-state index in [9.17, 15) is 4.79 Å². The predicted octanol–water partition coefficient (Wildman–Crippen LogP) is 3.05. The molecule has 1 aliphatic heterocycles. The molecule has 25 heavy (non-hydrogen) atoms. The monoisotopic (exact) mass is 338 g/mol. The minimum Gasteiger partial charge on any atom is -0.355 e. The lowest BCUT2D eigenvalue weighted by molar-refractivity contribution is -0.136. The molecule has 1 saturated heterocycles. The highest BCUT2D eigenvalue weighted by Crippen LogP contribution is 2.23. The Balaban J connectivity index is 1.57. The number of rotatable bonds is 5. The van der Waals surface area contributed by atoms with Crippen LogP contribution in [-0.2, 0) is 11.3 Å². The summed E-state index contributed by atoms with van der Waals surface area (Å²) >= 11 is 0. The maximum Gasteiger partial charge on any atom is 0.226 e. The third-order valence-corrected chi connectivity index (χ3v) is 4.86. The van der Waals surface area contributed by atoms with Gasteiger partial charge in [-0.05, 0) is 44.4 Å². The third kappa shape index (κ3) is 4.35. The largest absolute Gasteiger partial charge is 0.355 e. The molecule has 0 spiro atoms.